The molecule has 0 aliphatic heterocycles. The van der Waals surface area contributed by atoms with Gasteiger partial charge in [0.25, 0.3) is 0 Å². The van der Waals surface area contributed by atoms with Gasteiger partial charge in [-0.25, -0.2) is 0 Å². The number of nitrogens with one attached hydrogen (secondary N) is 1. The minimum Gasteiger partial charge on any atom is -0.281 e. The van der Waals surface area contributed by atoms with Crippen LogP contribution in [0.1, 0.15) is 11.3 Å². The largest absolute Gasteiger partial charge is 0.281 e. The summed E-state index contributed by atoms with van der Waals surface area (Å²) in [5, 5.41) is 8.45. The summed E-state index contributed by atoms with van der Waals surface area (Å²) in [4.78, 5) is 0. The van der Waals surface area contributed by atoms with Gasteiger partial charge in [0.2, 0.25) is 0 Å². The lowest BCUT2D eigenvalue weighted by Crippen LogP contribution is -1.92. The van der Waals surface area contributed by atoms with Crippen LogP contribution in [0.15, 0.2) is 18.2 Å². The molecule has 1 heterocycles. The lowest BCUT2D eigenvalue weighted by molar-refractivity contribution is 1.02. The zero-order chi connectivity index (χ0) is 6.55. The fourth-order valence-corrected chi connectivity index (χ4v) is 1.56. The van der Waals surface area contributed by atoms with Gasteiger partial charge >= 0.3 is 0 Å². The summed E-state index contributed by atoms with van der Waals surface area (Å²) in [7, 11) is 0. The van der Waals surface area contributed by atoms with Crippen LogP contribution in [0, 0.1) is 0 Å². The summed E-state index contributed by atoms with van der Waals surface area (Å²) < 4.78 is 0. The highest BCUT2D eigenvalue weighted by molar-refractivity contribution is 5.84. The first kappa shape index (κ1) is 4.50. The number of aromatic amines is 1. The van der Waals surface area contributed by atoms with Gasteiger partial charge in [0, 0.05) is 17.5 Å². The average molecular weight is 130 g/mol. The van der Waals surface area contributed by atoms with Crippen LogP contribution < -0.4 is 0 Å². The Kier molecular flexibility index (Phi) is 0.556. The second-order valence-electron chi connectivity index (χ2n) is 2.73. The molecule has 10 heavy (non-hydrogen) atoms. The number of rotatable bonds is 0. The number of benzene rings is 1. The van der Waals surface area contributed by atoms with Crippen molar-refractivity contribution in [3.63, 3.8) is 0 Å². The molecule has 0 unspecified atom stereocenters. The van der Waals surface area contributed by atoms with Crippen LogP contribution >= 0.6 is 0 Å². The summed E-state index contributed by atoms with van der Waals surface area (Å²) in [5.74, 6) is 0. The Hall–Kier alpha value is -1.31. The Morgan fingerprint density at radius 1 is 1.40 bits per heavy atom. The quantitative estimate of drug-likeness (QED) is 0.490. The molecule has 0 fully saturated rings. The molecule has 1 aromatic heterocycles. The smallest absolute Gasteiger partial charge is 0.0926 e. The van der Waals surface area contributed by atoms with Gasteiger partial charge in [0.15, 0.2) is 0 Å². The fraction of sp³-hybridized carbons (Fsp3) is 0.125. The molecule has 2 nitrogen and oxygen atoms in total. The van der Waals surface area contributed by atoms with Crippen molar-refractivity contribution < 1.29 is 0 Å². The molecule has 1 aromatic carbocycles. The maximum absolute atomic E-state index is 4.15. The highest BCUT2D eigenvalue weighted by Crippen LogP contribution is 2.25. The predicted molar refractivity (Wildman–Crippen MR) is 38.9 cm³/mol. The number of hydrogen-bond acceptors (Lipinski definition) is 1. The number of fused-ring (bicyclic) bond motifs is 1. The first-order chi connectivity index (χ1) is 4.93. The van der Waals surface area contributed by atoms with E-state index < -0.39 is 0 Å². The van der Waals surface area contributed by atoms with E-state index in [0.717, 1.165) is 11.9 Å². The molecule has 4 bridgehead atoms. The molecule has 0 atom stereocenters. The second-order valence-corrected chi connectivity index (χ2v) is 2.73. The summed E-state index contributed by atoms with van der Waals surface area (Å²) in [6.07, 6.45) is 1.04. The molecule has 0 spiro atoms. The molecule has 0 saturated heterocycles. The van der Waals surface area contributed by atoms with Gasteiger partial charge in [-0.1, -0.05) is 12.1 Å². The van der Waals surface area contributed by atoms with Gasteiger partial charge in [0.05, 0.1) is 5.52 Å². The SMILES string of the molecule is c1cc2c3[nH]nc2cc1C3. The van der Waals surface area contributed by atoms with E-state index in [9.17, 15) is 0 Å². The van der Waals surface area contributed by atoms with E-state index in [-0.39, 0.29) is 0 Å². The third kappa shape index (κ3) is 0.355. The lowest BCUT2D eigenvalue weighted by atomic mass is 9.99. The van der Waals surface area contributed by atoms with Crippen molar-refractivity contribution in [2.45, 2.75) is 6.42 Å². The average Bonchev–Trinajstić information content (AvgIpc) is 2.29. The van der Waals surface area contributed by atoms with Crippen molar-refractivity contribution >= 4 is 10.9 Å². The van der Waals surface area contributed by atoms with E-state index in [1.165, 1.54) is 16.6 Å². The number of hydrogen-bond donors (Lipinski definition) is 1. The summed E-state index contributed by atoms with van der Waals surface area (Å²) in [5.41, 5.74) is 3.75. The zero-order valence-electron chi connectivity index (χ0n) is 5.39. The first-order valence-corrected chi connectivity index (χ1v) is 3.39. The molecule has 4 rings (SSSR count). The number of nitrogens with zero attached hydrogens (tertiary/aromatic N) is 1. The minimum absolute atomic E-state index is 1.04. The van der Waals surface area contributed by atoms with Crippen LogP contribution in [0.5, 0.6) is 0 Å². The van der Waals surface area contributed by atoms with Gasteiger partial charge < -0.3 is 0 Å². The molecule has 1 N–H and O–H groups in total. The Bertz CT molecular complexity index is 401. The molecular weight excluding hydrogens is 124 g/mol. The van der Waals surface area contributed by atoms with Gasteiger partial charge in [-0.2, -0.15) is 5.10 Å². The van der Waals surface area contributed by atoms with Crippen LogP contribution in [0.3, 0.4) is 0 Å². The Morgan fingerprint density at radius 3 is 3.10 bits per heavy atom. The molecule has 48 valence electrons. The molecule has 0 saturated carbocycles. The highest BCUT2D eigenvalue weighted by Gasteiger charge is 2.12. The number of H-pyrrole nitrogens is 1. The third-order valence-corrected chi connectivity index (χ3v) is 2.08. The van der Waals surface area contributed by atoms with Crippen molar-refractivity contribution in [3.05, 3.63) is 29.5 Å². The van der Waals surface area contributed by atoms with E-state index >= 15 is 0 Å². The maximum Gasteiger partial charge on any atom is 0.0926 e. The van der Waals surface area contributed by atoms with Crippen LogP contribution in [-0.2, 0) is 6.42 Å². The first-order valence-electron chi connectivity index (χ1n) is 3.39. The monoisotopic (exact) mass is 130 g/mol. The van der Waals surface area contributed by atoms with E-state index in [1.807, 2.05) is 0 Å². The van der Waals surface area contributed by atoms with Crippen LogP contribution in [0.4, 0.5) is 0 Å². The van der Waals surface area contributed by atoms with Crippen molar-refractivity contribution in [1.29, 1.82) is 0 Å². The van der Waals surface area contributed by atoms with Crippen LogP contribution in [0.25, 0.3) is 10.9 Å². The Morgan fingerprint density at radius 2 is 2.40 bits per heavy atom. The standard InChI is InChI=1S/C8H6N2/c1-2-6-7-3-5(1)4-8(6)10-9-7/h1-3H,4H2,(H,9,10). The van der Waals surface area contributed by atoms with E-state index in [4.69, 9.17) is 0 Å². The van der Waals surface area contributed by atoms with Crippen molar-refractivity contribution in [2.24, 2.45) is 0 Å². The molecule has 2 aliphatic carbocycles. The second kappa shape index (κ2) is 1.24. The molecule has 0 radical (unpaired) electrons. The Balaban J connectivity index is 2.73. The molecule has 2 heteroatoms. The van der Waals surface area contributed by atoms with E-state index in [2.05, 4.69) is 28.4 Å². The minimum atomic E-state index is 1.04. The Labute approximate surface area is 57.9 Å². The topological polar surface area (TPSA) is 28.7 Å². The van der Waals surface area contributed by atoms with Gasteiger partial charge in [-0.05, 0) is 11.6 Å². The summed E-state index contributed by atoms with van der Waals surface area (Å²) in [6.45, 7) is 0. The molecule has 2 aromatic rings. The van der Waals surface area contributed by atoms with Gasteiger partial charge in [-0.3, -0.25) is 5.10 Å². The van der Waals surface area contributed by atoms with Gasteiger partial charge in [-0.15, -0.1) is 0 Å². The van der Waals surface area contributed by atoms with E-state index in [1.54, 1.807) is 0 Å². The number of aromatic nitrogens is 2. The maximum atomic E-state index is 4.15. The fourth-order valence-electron chi connectivity index (χ4n) is 1.56. The summed E-state index contributed by atoms with van der Waals surface area (Å²) in [6, 6.07) is 6.43. The van der Waals surface area contributed by atoms with Crippen molar-refractivity contribution in [2.75, 3.05) is 0 Å². The van der Waals surface area contributed by atoms with Crippen molar-refractivity contribution in [3.8, 4) is 0 Å². The van der Waals surface area contributed by atoms with Crippen LogP contribution in [0.2, 0.25) is 0 Å². The van der Waals surface area contributed by atoms with Gasteiger partial charge in [0.1, 0.15) is 0 Å². The molecule has 2 aliphatic rings. The normalized spacial score (nSPS) is 13.6. The highest BCUT2D eigenvalue weighted by atomic mass is 15.1. The molecule has 0 amide bonds. The predicted octanol–water partition coefficient (Wildman–Crippen LogP) is 1.47. The van der Waals surface area contributed by atoms with Crippen LogP contribution in [-0.4, -0.2) is 10.2 Å². The zero-order valence-corrected chi connectivity index (χ0v) is 5.39. The summed E-state index contributed by atoms with van der Waals surface area (Å²) >= 11 is 0. The third-order valence-electron chi connectivity index (χ3n) is 2.08. The van der Waals surface area contributed by atoms with E-state index in [0.29, 0.717) is 0 Å². The molecular formula is C8H6N2. The lowest BCUT2D eigenvalue weighted by Gasteiger charge is -2.05. The van der Waals surface area contributed by atoms with Crippen molar-refractivity contribution in [1.82, 2.24) is 10.2 Å².